The standard InChI is InChI=1S/C26H27ClO4/c27-26-25(30-18-22-14-8-3-9-15-22)24(29-17-21-12-6-2-7-13-21)23(19-31-26)28-16-20-10-4-1-5-11-20/h1-15,23-26H,16-19H2/t23-,24-,25+,26?/m1/s1. The average molecular weight is 439 g/mol. The van der Waals surface area contributed by atoms with E-state index in [2.05, 4.69) is 0 Å². The highest BCUT2D eigenvalue weighted by Gasteiger charge is 2.42. The van der Waals surface area contributed by atoms with E-state index in [0.717, 1.165) is 16.7 Å². The van der Waals surface area contributed by atoms with E-state index in [0.29, 0.717) is 26.4 Å². The normalized spacial score (nSPS) is 23.5. The van der Waals surface area contributed by atoms with Crippen molar-refractivity contribution in [1.29, 1.82) is 0 Å². The van der Waals surface area contributed by atoms with E-state index in [9.17, 15) is 0 Å². The van der Waals surface area contributed by atoms with Crippen molar-refractivity contribution in [3.8, 4) is 0 Å². The molecule has 1 aliphatic rings. The van der Waals surface area contributed by atoms with Gasteiger partial charge in [0.05, 0.1) is 26.4 Å². The van der Waals surface area contributed by atoms with E-state index in [1.807, 2.05) is 91.0 Å². The zero-order chi connectivity index (χ0) is 21.3. The number of benzene rings is 3. The molecular weight excluding hydrogens is 412 g/mol. The van der Waals surface area contributed by atoms with Gasteiger partial charge < -0.3 is 18.9 Å². The maximum Gasteiger partial charge on any atom is 0.159 e. The van der Waals surface area contributed by atoms with Gasteiger partial charge in [-0.3, -0.25) is 0 Å². The summed E-state index contributed by atoms with van der Waals surface area (Å²) >= 11 is 6.53. The molecule has 4 nitrogen and oxygen atoms in total. The Balaban J connectivity index is 1.46. The molecule has 0 spiro atoms. The molecule has 3 aromatic carbocycles. The largest absolute Gasteiger partial charge is 0.368 e. The van der Waals surface area contributed by atoms with Gasteiger partial charge in [-0.25, -0.2) is 0 Å². The summed E-state index contributed by atoms with van der Waals surface area (Å²) in [7, 11) is 0. The van der Waals surface area contributed by atoms with E-state index in [1.54, 1.807) is 0 Å². The molecule has 0 saturated carbocycles. The van der Waals surface area contributed by atoms with Crippen LogP contribution >= 0.6 is 11.6 Å². The predicted molar refractivity (Wildman–Crippen MR) is 121 cm³/mol. The lowest BCUT2D eigenvalue weighted by molar-refractivity contribution is -0.221. The van der Waals surface area contributed by atoms with Gasteiger partial charge in [0.1, 0.15) is 18.3 Å². The summed E-state index contributed by atoms with van der Waals surface area (Å²) in [4.78, 5) is 0. The molecule has 5 heteroatoms. The van der Waals surface area contributed by atoms with E-state index in [1.165, 1.54) is 0 Å². The lowest BCUT2D eigenvalue weighted by Crippen LogP contribution is -2.54. The first-order valence-corrected chi connectivity index (χ1v) is 11.0. The van der Waals surface area contributed by atoms with Gasteiger partial charge in [-0.15, -0.1) is 0 Å². The quantitative estimate of drug-likeness (QED) is 0.423. The first-order valence-electron chi connectivity index (χ1n) is 10.5. The topological polar surface area (TPSA) is 36.9 Å². The molecule has 4 rings (SSSR count). The average Bonchev–Trinajstić information content (AvgIpc) is 2.83. The van der Waals surface area contributed by atoms with E-state index < -0.39 is 11.7 Å². The lowest BCUT2D eigenvalue weighted by atomic mass is 10.1. The van der Waals surface area contributed by atoms with Gasteiger partial charge in [0, 0.05) is 0 Å². The van der Waals surface area contributed by atoms with Crippen LogP contribution in [0.15, 0.2) is 91.0 Å². The third-order valence-electron chi connectivity index (χ3n) is 5.25. The number of rotatable bonds is 9. The van der Waals surface area contributed by atoms with E-state index >= 15 is 0 Å². The Morgan fingerprint density at radius 2 is 1.03 bits per heavy atom. The van der Waals surface area contributed by atoms with E-state index in [4.69, 9.17) is 30.5 Å². The molecule has 0 radical (unpaired) electrons. The van der Waals surface area contributed by atoms with Gasteiger partial charge in [-0.1, -0.05) is 103 Å². The number of alkyl halides is 1. The van der Waals surface area contributed by atoms with Crippen LogP contribution in [0.1, 0.15) is 16.7 Å². The Morgan fingerprint density at radius 1 is 0.613 bits per heavy atom. The summed E-state index contributed by atoms with van der Waals surface area (Å²) in [6.45, 7) is 1.70. The fourth-order valence-electron chi connectivity index (χ4n) is 3.56. The maximum absolute atomic E-state index is 6.53. The molecule has 0 aromatic heterocycles. The van der Waals surface area contributed by atoms with Crippen molar-refractivity contribution >= 4 is 11.6 Å². The molecule has 0 aliphatic carbocycles. The second kappa shape index (κ2) is 11.4. The maximum atomic E-state index is 6.53. The van der Waals surface area contributed by atoms with Crippen LogP contribution in [-0.4, -0.2) is 30.5 Å². The summed E-state index contributed by atoms with van der Waals surface area (Å²) in [5.41, 5.74) is 2.64. The van der Waals surface area contributed by atoms with Crippen molar-refractivity contribution in [2.75, 3.05) is 6.61 Å². The zero-order valence-electron chi connectivity index (χ0n) is 17.3. The summed E-state index contributed by atoms with van der Waals surface area (Å²) in [5.74, 6) is 0. The van der Waals surface area contributed by atoms with Crippen molar-refractivity contribution in [3.63, 3.8) is 0 Å². The van der Waals surface area contributed by atoms with Gasteiger partial charge in [0.15, 0.2) is 5.56 Å². The summed E-state index contributed by atoms with van der Waals surface area (Å²) in [5, 5.41) is 0. The molecule has 31 heavy (non-hydrogen) atoms. The Morgan fingerprint density at radius 3 is 1.52 bits per heavy atom. The summed E-state index contributed by atoms with van der Waals surface area (Å²) in [6, 6.07) is 30.1. The van der Waals surface area contributed by atoms with Crippen LogP contribution in [0, 0.1) is 0 Å². The molecule has 4 atom stereocenters. The Labute approximate surface area is 188 Å². The van der Waals surface area contributed by atoms with Gasteiger partial charge in [0.25, 0.3) is 0 Å². The van der Waals surface area contributed by atoms with Crippen LogP contribution in [0.4, 0.5) is 0 Å². The zero-order valence-corrected chi connectivity index (χ0v) is 18.1. The minimum atomic E-state index is -0.610. The van der Waals surface area contributed by atoms with Gasteiger partial charge in [-0.2, -0.15) is 0 Å². The number of hydrogen-bond donors (Lipinski definition) is 0. The molecule has 0 N–H and O–H groups in total. The van der Waals surface area contributed by atoms with Crippen molar-refractivity contribution < 1.29 is 18.9 Å². The fraction of sp³-hybridized carbons (Fsp3) is 0.308. The van der Waals surface area contributed by atoms with Crippen LogP contribution in [0.5, 0.6) is 0 Å². The third-order valence-corrected chi connectivity index (χ3v) is 5.62. The van der Waals surface area contributed by atoms with Crippen LogP contribution < -0.4 is 0 Å². The second-order valence-corrected chi connectivity index (χ2v) is 7.97. The SMILES string of the molecule is ClC1OC[C@@H](OCc2ccccc2)[C@@H](OCc2ccccc2)[C@@H]1OCc1ccccc1. The Bertz CT molecular complexity index is 891. The molecule has 3 aromatic rings. The Hall–Kier alpha value is -2.21. The highest BCUT2D eigenvalue weighted by atomic mass is 35.5. The van der Waals surface area contributed by atoms with Crippen LogP contribution in [0.2, 0.25) is 0 Å². The van der Waals surface area contributed by atoms with E-state index in [-0.39, 0.29) is 12.2 Å². The lowest BCUT2D eigenvalue weighted by Gasteiger charge is -2.40. The van der Waals surface area contributed by atoms with Crippen molar-refractivity contribution in [2.45, 2.75) is 43.7 Å². The molecule has 162 valence electrons. The van der Waals surface area contributed by atoms with Crippen LogP contribution in [0.3, 0.4) is 0 Å². The monoisotopic (exact) mass is 438 g/mol. The van der Waals surface area contributed by atoms with Gasteiger partial charge in [-0.05, 0) is 16.7 Å². The van der Waals surface area contributed by atoms with Gasteiger partial charge in [0.2, 0.25) is 0 Å². The molecule has 1 heterocycles. The predicted octanol–water partition coefficient (Wildman–Crippen LogP) is 5.34. The number of halogens is 1. The molecule has 1 aliphatic heterocycles. The minimum absolute atomic E-state index is 0.292. The minimum Gasteiger partial charge on any atom is -0.368 e. The van der Waals surface area contributed by atoms with Crippen LogP contribution in [-0.2, 0) is 38.8 Å². The second-order valence-electron chi connectivity index (χ2n) is 7.54. The van der Waals surface area contributed by atoms with Crippen LogP contribution in [0.25, 0.3) is 0 Å². The van der Waals surface area contributed by atoms with Crippen molar-refractivity contribution in [3.05, 3.63) is 108 Å². The smallest absolute Gasteiger partial charge is 0.159 e. The molecule has 1 fully saturated rings. The number of hydrogen-bond acceptors (Lipinski definition) is 4. The summed E-state index contributed by atoms with van der Waals surface area (Å²) in [6.07, 6.45) is -1.11. The van der Waals surface area contributed by atoms with Gasteiger partial charge >= 0.3 is 0 Å². The molecule has 1 unspecified atom stereocenters. The van der Waals surface area contributed by atoms with Crippen molar-refractivity contribution in [1.82, 2.24) is 0 Å². The molecule has 0 bridgehead atoms. The highest BCUT2D eigenvalue weighted by Crippen LogP contribution is 2.28. The molecule has 1 saturated heterocycles. The van der Waals surface area contributed by atoms with Crippen molar-refractivity contribution in [2.24, 2.45) is 0 Å². The first-order chi connectivity index (χ1) is 15.3. The highest BCUT2D eigenvalue weighted by molar-refractivity contribution is 6.20. The third kappa shape index (κ3) is 6.39. The first kappa shape index (κ1) is 22.0. The molecule has 0 amide bonds. The number of ether oxygens (including phenoxy) is 4. The summed E-state index contributed by atoms with van der Waals surface area (Å²) < 4.78 is 24.5. The fourth-order valence-corrected chi connectivity index (χ4v) is 3.85. The molecular formula is C26H27ClO4. The Kier molecular flexibility index (Phi) is 8.11.